The molecular weight excluding hydrogens is 436 g/mol. The van der Waals surface area contributed by atoms with E-state index < -0.39 is 0 Å². The summed E-state index contributed by atoms with van der Waals surface area (Å²) in [5, 5.41) is 11.3. The number of carbonyl (C=O) groups is 2. The number of carbonyl (C=O) groups excluding carboxylic acids is 2. The van der Waals surface area contributed by atoms with Gasteiger partial charge in [0.2, 0.25) is 17.7 Å². The van der Waals surface area contributed by atoms with Gasteiger partial charge in [-0.25, -0.2) is 0 Å². The van der Waals surface area contributed by atoms with Gasteiger partial charge in [0.25, 0.3) is 0 Å². The molecule has 0 spiro atoms. The third kappa shape index (κ3) is 5.65. The highest BCUT2D eigenvalue weighted by Crippen LogP contribution is 2.31. The zero-order valence-corrected chi connectivity index (χ0v) is 18.2. The Morgan fingerprint density at radius 1 is 1.16 bits per heavy atom. The Balaban J connectivity index is 1.24. The number of amides is 2. The minimum absolute atomic E-state index is 0.0122. The molecule has 1 N–H and O–H groups in total. The van der Waals surface area contributed by atoms with Crippen molar-refractivity contribution in [3.05, 3.63) is 65.5 Å². The van der Waals surface area contributed by atoms with E-state index in [0.717, 1.165) is 16.3 Å². The summed E-state index contributed by atoms with van der Waals surface area (Å²) >= 11 is 7.55. The summed E-state index contributed by atoms with van der Waals surface area (Å²) in [4.78, 5) is 27.4. The maximum Gasteiger partial charge on any atom is 0.322 e. The molecule has 31 heavy (non-hydrogen) atoms. The molecule has 7 nitrogen and oxygen atoms in total. The molecule has 1 saturated heterocycles. The fourth-order valence-corrected chi connectivity index (χ4v) is 4.29. The number of rotatable bonds is 8. The number of thioether (sulfide) groups is 1. The van der Waals surface area contributed by atoms with Crippen LogP contribution in [0, 0.1) is 0 Å². The van der Waals surface area contributed by atoms with E-state index >= 15 is 0 Å². The van der Waals surface area contributed by atoms with Crippen LogP contribution < -0.4 is 10.2 Å². The van der Waals surface area contributed by atoms with E-state index in [0.29, 0.717) is 36.7 Å². The molecular formula is C22H21ClN4O3S. The van der Waals surface area contributed by atoms with Crippen LogP contribution in [-0.4, -0.2) is 34.3 Å². The molecule has 0 radical (unpaired) electrons. The highest BCUT2D eigenvalue weighted by molar-refractivity contribution is 7.99. The van der Waals surface area contributed by atoms with E-state index in [-0.39, 0.29) is 23.7 Å². The molecule has 2 aromatic carbocycles. The van der Waals surface area contributed by atoms with Gasteiger partial charge in [-0.2, -0.15) is 0 Å². The van der Waals surface area contributed by atoms with Gasteiger partial charge in [-0.15, -0.1) is 16.9 Å². The quantitative estimate of drug-likeness (QED) is 0.388. The van der Waals surface area contributed by atoms with Crippen LogP contribution >= 0.6 is 23.4 Å². The van der Waals surface area contributed by atoms with E-state index in [2.05, 4.69) is 15.5 Å². The standard InChI is InChI=1S/C22H21ClN4O3S/c23-16-8-10-18(11-9-16)31-12-4-7-19(28)24-22-26-25-21(30-22)15-13-20(29)27(14-15)17-5-2-1-3-6-17/h1-3,5-6,8-11,15H,4,7,12-14H2,(H,24,26,28). The second-order valence-corrected chi connectivity index (χ2v) is 8.75. The number of anilines is 2. The molecule has 0 bridgehead atoms. The van der Waals surface area contributed by atoms with Gasteiger partial charge in [-0.3, -0.25) is 14.9 Å². The van der Waals surface area contributed by atoms with Crippen LogP contribution in [0.2, 0.25) is 5.02 Å². The van der Waals surface area contributed by atoms with Crippen molar-refractivity contribution in [2.75, 3.05) is 22.5 Å². The van der Waals surface area contributed by atoms with Gasteiger partial charge in [-0.1, -0.05) is 34.9 Å². The van der Waals surface area contributed by atoms with E-state index in [9.17, 15) is 9.59 Å². The number of nitrogens with one attached hydrogen (secondary N) is 1. The monoisotopic (exact) mass is 456 g/mol. The molecule has 3 aromatic rings. The average Bonchev–Trinajstić information content (AvgIpc) is 3.39. The Labute approximate surface area is 189 Å². The lowest BCUT2D eigenvalue weighted by Crippen LogP contribution is -2.24. The zero-order chi connectivity index (χ0) is 21.6. The lowest BCUT2D eigenvalue weighted by Gasteiger charge is -2.15. The van der Waals surface area contributed by atoms with Crippen LogP contribution in [0.25, 0.3) is 0 Å². The second-order valence-electron chi connectivity index (χ2n) is 7.14. The van der Waals surface area contributed by atoms with E-state index in [4.69, 9.17) is 16.0 Å². The summed E-state index contributed by atoms with van der Waals surface area (Å²) in [5.74, 6) is 0.810. The van der Waals surface area contributed by atoms with Crippen molar-refractivity contribution >= 4 is 46.9 Å². The second kappa shape index (κ2) is 9.98. The van der Waals surface area contributed by atoms with E-state index in [1.165, 1.54) is 0 Å². The Bertz CT molecular complexity index is 1040. The first-order valence-electron chi connectivity index (χ1n) is 9.95. The van der Waals surface area contributed by atoms with Gasteiger partial charge in [0, 0.05) is 35.0 Å². The highest BCUT2D eigenvalue weighted by atomic mass is 35.5. The van der Waals surface area contributed by atoms with Crippen LogP contribution in [0.4, 0.5) is 11.7 Å². The SMILES string of the molecule is O=C(CCCSc1ccc(Cl)cc1)Nc1nnc(C2CC(=O)N(c3ccccc3)C2)o1. The van der Waals surface area contributed by atoms with Crippen molar-refractivity contribution in [3.8, 4) is 0 Å². The third-order valence-corrected chi connectivity index (χ3v) is 6.21. The maximum absolute atomic E-state index is 12.4. The largest absolute Gasteiger partial charge is 0.407 e. The molecule has 1 fully saturated rings. The van der Waals surface area contributed by atoms with Gasteiger partial charge in [0.15, 0.2) is 0 Å². The van der Waals surface area contributed by atoms with Crippen molar-refractivity contribution in [1.29, 1.82) is 0 Å². The minimum Gasteiger partial charge on any atom is -0.407 e. The molecule has 9 heteroatoms. The van der Waals surface area contributed by atoms with Crippen LogP contribution in [0.15, 0.2) is 63.9 Å². The predicted octanol–water partition coefficient (Wildman–Crippen LogP) is 4.75. The van der Waals surface area contributed by atoms with Crippen LogP contribution in [0.1, 0.15) is 31.1 Å². The maximum atomic E-state index is 12.4. The van der Waals surface area contributed by atoms with Gasteiger partial charge in [-0.05, 0) is 48.6 Å². The molecule has 0 aliphatic carbocycles. The number of hydrogen-bond acceptors (Lipinski definition) is 6. The summed E-state index contributed by atoms with van der Waals surface area (Å²) < 4.78 is 5.61. The zero-order valence-electron chi connectivity index (χ0n) is 16.7. The third-order valence-electron chi connectivity index (χ3n) is 4.86. The molecule has 1 aliphatic rings. The minimum atomic E-state index is -0.193. The van der Waals surface area contributed by atoms with Crippen molar-refractivity contribution < 1.29 is 14.0 Å². The highest BCUT2D eigenvalue weighted by Gasteiger charge is 2.35. The summed E-state index contributed by atoms with van der Waals surface area (Å²) in [7, 11) is 0. The summed E-state index contributed by atoms with van der Waals surface area (Å²) in [6.07, 6.45) is 1.36. The first-order chi connectivity index (χ1) is 15.1. The number of benzene rings is 2. The fourth-order valence-electron chi connectivity index (χ4n) is 3.32. The fraction of sp³-hybridized carbons (Fsp3) is 0.273. The van der Waals surface area contributed by atoms with Crippen molar-refractivity contribution in [2.45, 2.75) is 30.1 Å². The van der Waals surface area contributed by atoms with Crippen molar-refractivity contribution in [1.82, 2.24) is 10.2 Å². The molecule has 1 unspecified atom stereocenters. The van der Waals surface area contributed by atoms with Gasteiger partial charge < -0.3 is 9.32 Å². The summed E-state index contributed by atoms with van der Waals surface area (Å²) in [5.41, 5.74) is 0.847. The van der Waals surface area contributed by atoms with Crippen molar-refractivity contribution in [3.63, 3.8) is 0 Å². The predicted molar refractivity (Wildman–Crippen MR) is 120 cm³/mol. The number of aromatic nitrogens is 2. The van der Waals surface area contributed by atoms with Gasteiger partial charge in [0.1, 0.15) is 0 Å². The van der Waals surface area contributed by atoms with Crippen LogP contribution in [0.3, 0.4) is 0 Å². The van der Waals surface area contributed by atoms with E-state index in [1.807, 2.05) is 54.6 Å². The van der Waals surface area contributed by atoms with Gasteiger partial charge in [0.05, 0.1) is 5.92 Å². The Morgan fingerprint density at radius 3 is 2.71 bits per heavy atom. The number of hydrogen-bond donors (Lipinski definition) is 1. The molecule has 1 atom stereocenters. The number of nitrogens with zero attached hydrogens (tertiary/aromatic N) is 3. The first kappa shape index (κ1) is 21.4. The Morgan fingerprint density at radius 2 is 1.94 bits per heavy atom. The molecule has 2 heterocycles. The lowest BCUT2D eigenvalue weighted by atomic mass is 10.1. The van der Waals surface area contributed by atoms with Gasteiger partial charge >= 0.3 is 6.01 Å². The molecule has 1 aromatic heterocycles. The van der Waals surface area contributed by atoms with Crippen LogP contribution in [-0.2, 0) is 9.59 Å². The topological polar surface area (TPSA) is 88.3 Å². The summed E-state index contributed by atoms with van der Waals surface area (Å²) in [6.45, 7) is 0.473. The molecule has 4 rings (SSSR count). The Kier molecular flexibility index (Phi) is 6.89. The normalized spacial score (nSPS) is 16.0. The molecule has 1 aliphatic heterocycles. The summed E-state index contributed by atoms with van der Waals surface area (Å²) in [6, 6.07) is 17.2. The number of halogens is 1. The number of para-hydroxylation sites is 1. The Hall–Kier alpha value is -2.84. The molecule has 160 valence electrons. The molecule has 2 amide bonds. The molecule has 0 saturated carbocycles. The van der Waals surface area contributed by atoms with E-state index in [1.54, 1.807) is 16.7 Å². The van der Waals surface area contributed by atoms with Crippen LogP contribution in [0.5, 0.6) is 0 Å². The first-order valence-corrected chi connectivity index (χ1v) is 11.3. The smallest absolute Gasteiger partial charge is 0.322 e. The lowest BCUT2D eigenvalue weighted by molar-refractivity contribution is -0.117. The van der Waals surface area contributed by atoms with Crippen molar-refractivity contribution in [2.24, 2.45) is 0 Å². The average molecular weight is 457 g/mol.